The molecule has 2 amide bonds. The average molecular weight is 386 g/mol. The van der Waals surface area contributed by atoms with Gasteiger partial charge in [-0.25, -0.2) is 4.79 Å². The number of carboxylic acids is 1. The molecule has 0 saturated carbocycles. The molecule has 2 aliphatic rings. The lowest BCUT2D eigenvalue weighted by atomic mass is 9.95. The maximum absolute atomic E-state index is 13.2. The molecule has 28 heavy (non-hydrogen) atoms. The van der Waals surface area contributed by atoms with Gasteiger partial charge in [-0.05, 0) is 37.7 Å². The van der Waals surface area contributed by atoms with E-state index < -0.39 is 24.1 Å². The third kappa shape index (κ3) is 4.21. The van der Waals surface area contributed by atoms with Crippen molar-refractivity contribution in [2.45, 2.75) is 76.4 Å². The van der Waals surface area contributed by atoms with E-state index in [0.29, 0.717) is 32.2 Å². The van der Waals surface area contributed by atoms with Crippen LogP contribution in [-0.4, -0.2) is 57.4 Å². The first-order valence-electron chi connectivity index (χ1n) is 10.4. The maximum Gasteiger partial charge on any atom is 0.326 e. The molecule has 1 unspecified atom stereocenters. The number of hydrogen-bond donors (Lipinski definition) is 1. The Labute approximate surface area is 166 Å². The summed E-state index contributed by atoms with van der Waals surface area (Å²) in [4.78, 5) is 41.6. The number of amides is 2. The molecular weight excluding hydrogens is 356 g/mol. The summed E-state index contributed by atoms with van der Waals surface area (Å²) in [5.41, 5.74) is 1.04. The van der Waals surface area contributed by atoms with Crippen LogP contribution in [0.3, 0.4) is 0 Å². The van der Waals surface area contributed by atoms with E-state index in [1.54, 1.807) is 4.90 Å². The molecule has 0 radical (unpaired) electrons. The van der Waals surface area contributed by atoms with Crippen LogP contribution in [0.25, 0.3) is 0 Å². The summed E-state index contributed by atoms with van der Waals surface area (Å²) >= 11 is 0. The van der Waals surface area contributed by atoms with E-state index in [2.05, 4.69) is 6.92 Å². The van der Waals surface area contributed by atoms with Gasteiger partial charge in [0.1, 0.15) is 18.1 Å². The van der Waals surface area contributed by atoms with Crippen molar-refractivity contribution in [1.29, 1.82) is 0 Å². The van der Waals surface area contributed by atoms with E-state index in [0.717, 1.165) is 31.2 Å². The van der Waals surface area contributed by atoms with Crippen molar-refractivity contribution in [1.82, 2.24) is 9.80 Å². The summed E-state index contributed by atoms with van der Waals surface area (Å²) < 4.78 is 0. The summed E-state index contributed by atoms with van der Waals surface area (Å²) in [5.74, 6) is -1.27. The molecule has 0 spiro atoms. The molecule has 1 aromatic carbocycles. The SMILES string of the molecule is CCCCCC1C(=O)N2CCC[C@H]2C(=O)N1[C@H](CCc1ccccc1)C(=O)O. The smallest absolute Gasteiger partial charge is 0.326 e. The van der Waals surface area contributed by atoms with Crippen molar-refractivity contribution in [3.05, 3.63) is 35.9 Å². The Morgan fingerprint density at radius 3 is 2.61 bits per heavy atom. The van der Waals surface area contributed by atoms with Gasteiger partial charge in [-0.1, -0.05) is 56.5 Å². The van der Waals surface area contributed by atoms with Crippen LogP contribution >= 0.6 is 0 Å². The molecule has 6 heteroatoms. The molecule has 0 bridgehead atoms. The summed E-state index contributed by atoms with van der Waals surface area (Å²) in [5, 5.41) is 9.92. The number of aryl methyl sites for hydroxylation is 1. The minimum absolute atomic E-state index is 0.0656. The number of aliphatic carboxylic acids is 1. The van der Waals surface area contributed by atoms with Crippen molar-refractivity contribution in [2.24, 2.45) is 0 Å². The minimum Gasteiger partial charge on any atom is -0.480 e. The zero-order chi connectivity index (χ0) is 20.1. The van der Waals surface area contributed by atoms with Crippen LogP contribution in [0.4, 0.5) is 0 Å². The quantitative estimate of drug-likeness (QED) is 0.662. The van der Waals surface area contributed by atoms with Gasteiger partial charge in [0.15, 0.2) is 0 Å². The summed E-state index contributed by atoms with van der Waals surface area (Å²) in [6.07, 6.45) is 5.65. The van der Waals surface area contributed by atoms with E-state index in [9.17, 15) is 19.5 Å². The number of hydrogen-bond acceptors (Lipinski definition) is 3. The number of nitrogens with zero attached hydrogens (tertiary/aromatic N) is 2. The molecule has 2 aliphatic heterocycles. The third-order valence-electron chi connectivity index (χ3n) is 5.95. The van der Waals surface area contributed by atoms with Crippen LogP contribution < -0.4 is 0 Å². The van der Waals surface area contributed by atoms with Gasteiger partial charge in [-0.15, -0.1) is 0 Å². The summed E-state index contributed by atoms with van der Waals surface area (Å²) in [7, 11) is 0. The maximum atomic E-state index is 13.2. The predicted octanol–water partition coefficient (Wildman–Crippen LogP) is 2.85. The zero-order valence-electron chi connectivity index (χ0n) is 16.5. The lowest BCUT2D eigenvalue weighted by Crippen LogP contribution is -2.66. The van der Waals surface area contributed by atoms with Crippen LogP contribution in [0.5, 0.6) is 0 Å². The molecule has 6 nitrogen and oxygen atoms in total. The second kappa shape index (κ2) is 9.22. The first-order valence-corrected chi connectivity index (χ1v) is 10.4. The Hall–Kier alpha value is -2.37. The number of carbonyl (C=O) groups is 3. The fourth-order valence-corrected chi connectivity index (χ4v) is 4.47. The lowest BCUT2D eigenvalue weighted by Gasteiger charge is -2.45. The van der Waals surface area contributed by atoms with Gasteiger partial charge in [-0.3, -0.25) is 9.59 Å². The highest BCUT2D eigenvalue weighted by molar-refractivity contribution is 5.99. The van der Waals surface area contributed by atoms with E-state index in [1.807, 2.05) is 30.3 Å². The van der Waals surface area contributed by atoms with Crippen molar-refractivity contribution in [3.8, 4) is 0 Å². The number of piperazine rings is 1. The predicted molar refractivity (Wildman–Crippen MR) is 106 cm³/mol. The third-order valence-corrected chi connectivity index (χ3v) is 5.95. The van der Waals surface area contributed by atoms with Gasteiger partial charge >= 0.3 is 5.97 Å². The number of benzene rings is 1. The average Bonchev–Trinajstić information content (AvgIpc) is 3.18. The molecule has 3 atom stereocenters. The van der Waals surface area contributed by atoms with Gasteiger partial charge < -0.3 is 14.9 Å². The summed E-state index contributed by atoms with van der Waals surface area (Å²) in [6, 6.07) is 7.59. The van der Waals surface area contributed by atoms with Crippen LogP contribution in [0.1, 0.15) is 57.4 Å². The molecule has 1 N–H and O–H groups in total. The van der Waals surface area contributed by atoms with Gasteiger partial charge in [0, 0.05) is 6.54 Å². The van der Waals surface area contributed by atoms with Crippen LogP contribution in [0.2, 0.25) is 0 Å². The molecule has 0 aliphatic carbocycles. The number of carboxylic acid groups (broad SMARTS) is 1. The number of carbonyl (C=O) groups excluding carboxylic acids is 2. The molecule has 3 rings (SSSR count). The Kier molecular flexibility index (Phi) is 6.70. The van der Waals surface area contributed by atoms with Gasteiger partial charge in [-0.2, -0.15) is 0 Å². The standard InChI is InChI=1S/C22H30N2O4/c1-2-3-5-11-18-20(25)23-15-8-12-17(23)21(26)24(18)19(22(27)28)14-13-16-9-6-4-7-10-16/h4,6-7,9-10,17-19H,2-3,5,8,11-15H2,1H3,(H,27,28)/t17-,18?,19+/m0/s1. The Bertz CT molecular complexity index is 706. The molecule has 2 heterocycles. The second-order valence-electron chi connectivity index (χ2n) is 7.83. The van der Waals surface area contributed by atoms with Gasteiger partial charge in [0.05, 0.1) is 0 Å². The molecule has 0 aromatic heterocycles. The fourth-order valence-electron chi connectivity index (χ4n) is 4.47. The second-order valence-corrected chi connectivity index (χ2v) is 7.83. The minimum atomic E-state index is -1.02. The number of fused-ring (bicyclic) bond motifs is 1. The van der Waals surface area contributed by atoms with Crippen molar-refractivity contribution in [3.63, 3.8) is 0 Å². The van der Waals surface area contributed by atoms with E-state index in [4.69, 9.17) is 0 Å². The molecule has 1 aromatic rings. The summed E-state index contributed by atoms with van der Waals surface area (Å²) in [6.45, 7) is 2.69. The first kappa shape index (κ1) is 20.4. The number of rotatable bonds is 9. The number of unbranched alkanes of at least 4 members (excludes halogenated alkanes) is 2. The first-order chi connectivity index (χ1) is 13.5. The topological polar surface area (TPSA) is 77.9 Å². The van der Waals surface area contributed by atoms with E-state index >= 15 is 0 Å². The van der Waals surface area contributed by atoms with E-state index in [-0.39, 0.29) is 11.8 Å². The highest BCUT2D eigenvalue weighted by atomic mass is 16.4. The van der Waals surface area contributed by atoms with Crippen molar-refractivity contribution in [2.75, 3.05) is 6.54 Å². The van der Waals surface area contributed by atoms with E-state index in [1.165, 1.54) is 4.90 Å². The van der Waals surface area contributed by atoms with Gasteiger partial charge in [0.25, 0.3) is 0 Å². The fraction of sp³-hybridized carbons (Fsp3) is 0.591. The Balaban J connectivity index is 1.83. The molecule has 2 saturated heterocycles. The Morgan fingerprint density at radius 2 is 1.93 bits per heavy atom. The van der Waals surface area contributed by atoms with Crippen LogP contribution in [0, 0.1) is 0 Å². The van der Waals surface area contributed by atoms with Crippen molar-refractivity contribution >= 4 is 17.8 Å². The molecular formula is C22H30N2O4. The lowest BCUT2D eigenvalue weighted by molar-refractivity contribution is -0.168. The normalized spacial score (nSPS) is 23.0. The van der Waals surface area contributed by atoms with Crippen molar-refractivity contribution < 1.29 is 19.5 Å². The monoisotopic (exact) mass is 386 g/mol. The van der Waals surface area contributed by atoms with Crippen LogP contribution in [0.15, 0.2) is 30.3 Å². The Morgan fingerprint density at radius 1 is 1.18 bits per heavy atom. The highest BCUT2D eigenvalue weighted by Crippen LogP contribution is 2.31. The highest BCUT2D eigenvalue weighted by Gasteiger charge is 2.50. The zero-order valence-corrected chi connectivity index (χ0v) is 16.5. The van der Waals surface area contributed by atoms with Gasteiger partial charge in [0.2, 0.25) is 11.8 Å². The van der Waals surface area contributed by atoms with Crippen LogP contribution in [-0.2, 0) is 20.8 Å². The molecule has 152 valence electrons. The largest absolute Gasteiger partial charge is 0.480 e. The molecule has 2 fully saturated rings.